The Morgan fingerprint density at radius 3 is 2.55 bits per heavy atom. The van der Waals surface area contributed by atoms with Gasteiger partial charge in [-0.15, -0.1) is 0 Å². The Morgan fingerprint density at radius 1 is 1.45 bits per heavy atom. The highest BCUT2D eigenvalue weighted by Crippen LogP contribution is 2.09. The minimum Gasteiger partial charge on any atom is -0.293 e. The molecule has 0 aliphatic carbocycles. The van der Waals surface area contributed by atoms with Crippen LogP contribution in [0.15, 0.2) is 11.6 Å². The topological polar surface area (TPSA) is 20.3 Å². The van der Waals surface area contributed by atoms with Crippen molar-refractivity contribution < 1.29 is 4.79 Å². The van der Waals surface area contributed by atoms with Crippen molar-refractivity contribution >= 4 is 5.78 Å². The van der Waals surface area contributed by atoms with Crippen LogP contribution in [-0.4, -0.2) is 29.8 Å². The molecule has 0 radical (unpaired) electrons. The lowest BCUT2D eigenvalue weighted by molar-refractivity contribution is -0.116. The van der Waals surface area contributed by atoms with Gasteiger partial charge in [-0.1, -0.05) is 5.57 Å². The summed E-state index contributed by atoms with van der Waals surface area (Å²) in [5.74, 6) is 0.238. The molecule has 2 heteroatoms. The van der Waals surface area contributed by atoms with Crippen molar-refractivity contribution in [3.63, 3.8) is 0 Å². The molecule has 0 N–H and O–H groups in total. The number of hydrogen-bond acceptors (Lipinski definition) is 2. The third-order valence-electron chi connectivity index (χ3n) is 1.95. The summed E-state index contributed by atoms with van der Waals surface area (Å²) in [5.41, 5.74) is 1.18. The van der Waals surface area contributed by atoms with Gasteiger partial charge in [0, 0.05) is 12.6 Å². The third kappa shape index (κ3) is 2.15. The van der Waals surface area contributed by atoms with Gasteiger partial charge in [-0.05, 0) is 26.8 Å². The zero-order valence-corrected chi connectivity index (χ0v) is 7.42. The minimum atomic E-state index is 0.238. The highest BCUT2D eigenvalue weighted by atomic mass is 16.1. The van der Waals surface area contributed by atoms with Gasteiger partial charge in [-0.2, -0.15) is 0 Å². The van der Waals surface area contributed by atoms with Crippen LogP contribution in [0.2, 0.25) is 0 Å². The van der Waals surface area contributed by atoms with Crippen LogP contribution in [0.4, 0.5) is 0 Å². The Kier molecular flexibility index (Phi) is 2.45. The van der Waals surface area contributed by atoms with Crippen molar-refractivity contribution in [3.05, 3.63) is 11.6 Å². The molecule has 11 heavy (non-hydrogen) atoms. The molecule has 1 rings (SSSR count). The second-order valence-corrected chi connectivity index (χ2v) is 3.46. The fourth-order valence-corrected chi connectivity index (χ4v) is 1.31. The van der Waals surface area contributed by atoms with Crippen LogP contribution in [0.5, 0.6) is 0 Å². The molecule has 0 bridgehead atoms. The van der Waals surface area contributed by atoms with Crippen LogP contribution in [0.25, 0.3) is 0 Å². The lowest BCUT2D eigenvalue weighted by Gasteiger charge is -2.28. The van der Waals surface area contributed by atoms with Gasteiger partial charge in [0.25, 0.3) is 0 Å². The Balaban J connectivity index is 2.64. The maximum atomic E-state index is 11.1. The predicted molar refractivity (Wildman–Crippen MR) is 45.5 cm³/mol. The van der Waals surface area contributed by atoms with Crippen molar-refractivity contribution in [1.82, 2.24) is 4.90 Å². The van der Waals surface area contributed by atoms with Crippen LogP contribution < -0.4 is 0 Å². The first kappa shape index (κ1) is 8.47. The van der Waals surface area contributed by atoms with E-state index in [0.29, 0.717) is 12.6 Å². The maximum Gasteiger partial charge on any atom is 0.169 e. The van der Waals surface area contributed by atoms with Crippen molar-refractivity contribution in [2.75, 3.05) is 13.1 Å². The van der Waals surface area contributed by atoms with Crippen LogP contribution in [0.1, 0.15) is 20.8 Å². The van der Waals surface area contributed by atoms with E-state index in [4.69, 9.17) is 0 Å². The molecule has 0 amide bonds. The molecule has 0 atom stereocenters. The monoisotopic (exact) mass is 153 g/mol. The first-order chi connectivity index (χ1) is 5.09. The Morgan fingerprint density at radius 2 is 2.09 bits per heavy atom. The lowest BCUT2D eigenvalue weighted by atomic mass is 10.1. The predicted octanol–water partition coefficient (Wildman–Crippen LogP) is 1.23. The molecule has 1 aliphatic heterocycles. The van der Waals surface area contributed by atoms with Crippen LogP contribution in [0.3, 0.4) is 0 Å². The van der Waals surface area contributed by atoms with E-state index in [-0.39, 0.29) is 5.78 Å². The second-order valence-electron chi connectivity index (χ2n) is 3.46. The van der Waals surface area contributed by atoms with Gasteiger partial charge in [0.1, 0.15) is 0 Å². The summed E-state index contributed by atoms with van der Waals surface area (Å²) in [6.07, 6.45) is 1.75. The van der Waals surface area contributed by atoms with Crippen LogP contribution >= 0.6 is 0 Å². The summed E-state index contributed by atoms with van der Waals surface area (Å²) in [6, 6.07) is 0.475. The Bertz CT molecular complexity index is 194. The summed E-state index contributed by atoms with van der Waals surface area (Å²) >= 11 is 0. The van der Waals surface area contributed by atoms with Crippen LogP contribution in [-0.2, 0) is 4.79 Å². The van der Waals surface area contributed by atoms with Gasteiger partial charge in [0.05, 0.1) is 6.54 Å². The van der Waals surface area contributed by atoms with E-state index in [9.17, 15) is 4.79 Å². The molecular weight excluding hydrogens is 138 g/mol. The van der Waals surface area contributed by atoms with Crippen molar-refractivity contribution in [3.8, 4) is 0 Å². The van der Waals surface area contributed by atoms with E-state index in [1.165, 1.54) is 5.57 Å². The number of ketones is 1. The van der Waals surface area contributed by atoms with Gasteiger partial charge in [0.2, 0.25) is 0 Å². The summed E-state index contributed by atoms with van der Waals surface area (Å²) in [4.78, 5) is 13.2. The third-order valence-corrected chi connectivity index (χ3v) is 1.95. The largest absolute Gasteiger partial charge is 0.293 e. The zero-order valence-electron chi connectivity index (χ0n) is 7.42. The molecular formula is C9H15NO. The average molecular weight is 153 g/mol. The van der Waals surface area contributed by atoms with E-state index in [0.717, 1.165) is 6.54 Å². The van der Waals surface area contributed by atoms with Gasteiger partial charge in [0.15, 0.2) is 5.78 Å². The standard InChI is InChI=1S/C9H15NO/c1-7(2)10-5-8(3)4-9(11)6-10/h4,7H,5-6H2,1-3H3. The summed E-state index contributed by atoms with van der Waals surface area (Å²) in [7, 11) is 0. The average Bonchev–Trinajstić information content (AvgIpc) is 1.85. The number of hydrogen-bond donors (Lipinski definition) is 0. The van der Waals surface area contributed by atoms with Gasteiger partial charge in [-0.3, -0.25) is 9.69 Å². The number of carbonyl (C=O) groups is 1. The summed E-state index contributed by atoms with van der Waals surface area (Å²) < 4.78 is 0. The maximum absolute atomic E-state index is 11.1. The van der Waals surface area contributed by atoms with Crippen molar-refractivity contribution in [1.29, 1.82) is 0 Å². The fourth-order valence-electron chi connectivity index (χ4n) is 1.31. The second kappa shape index (κ2) is 3.18. The number of nitrogens with zero attached hydrogens (tertiary/aromatic N) is 1. The molecule has 1 aliphatic rings. The van der Waals surface area contributed by atoms with Crippen LogP contribution in [0, 0.1) is 0 Å². The zero-order chi connectivity index (χ0) is 8.43. The van der Waals surface area contributed by atoms with Gasteiger partial charge < -0.3 is 0 Å². The highest BCUT2D eigenvalue weighted by Gasteiger charge is 2.17. The Labute approximate surface area is 67.9 Å². The molecule has 0 aromatic heterocycles. The molecule has 0 aromatic rings. The van der Waals surface area contributed by atoms with Crippen molar-refractivity contribution in [2.45, 2.75) is 26.8 Å². The molecule has 0 fully saturated rings. The molecule has 2 nitrogen and oxygen atoms in total. The number of carbonyl (C=O) groups excluding carboxylic acids is 1. The van der Waals surface area contributed by atoms with Gasteiger partial charge in [-0.25, -0.2) is 0 Å². The SMILES string of the molecule is CC1=CC(=O)CN(C(C)C)C1. The van der Waals surface area contributed by atoms with E-state index in [1.807, 2.05) is 6.92 Å². The normalized spacial score (nSPS) is 20.7. The molecule has 62 valence electrons. The molecule has 0 spiro atoms. The molecule has 1 heterocycles. The highest BCUT2D eigenvalue weighted by molar-refractivity contribution is 5.92. The molecule has 0 unspecified atom stereocenters. The van der Waals surface area contributed by atoms with Gasteiger partial charge >= 0.3 is 0 Å². The van der Waals surface area contributed by atoms with E-state index >= 15 is 0 Å². The van der Waals surface area contributed by atoms with E-state index in [2.05, 4.69) is 18.7 Å². The first-order valence-corrected chi connectivity index (χ1v) is 4.03. The smallest absolute Gasteiger partial charge is 0.169 e. The molecule has 0 aromatic carbocycles. The summed E-state index contributed by atoms with van der Waals surface area (Å²) in [5, 5.41) is 0. The fraction of sp³-hybridized carbons (Fsp3) is 0.667. The first-order valence-electron chi connectivity index (χ1n) is 4.03. The minimum absolute atomic E-state index is 0.238. The van der Waals surface area contributed by atoms with E-state index < -0.39 is 0 Å². The van der Waals surface area contributed by atoms with E-state index in [1.54, 1.807) is 6.08 Å². The lowest BCUT2D eigenvalue weighted by Crippen LogP contribution is -2.39. The molecule has 0 saturated heterocycles. The van der Waals surface area contributed by atoms with Crippen molar-refractivity contribution in [2.24, 2.45) is 0 Å². The number of rotatable bonds is 1. The quantitative estimate of drug-likeness (QED) is 0.564. The summed E-state index contributed by atoms with van der Waals surface area (Å²) in [6.45, 7) is 7.78. The Hall–Kier alpha value is -0.630. The molecule has 0 saturated carbocycles.